The van der Waals surface area contributed by atoms with Crippen LogP contribution in [0.2, 0.25) is 0 Å². The SMILES string of the molecule is CN1CCCC(n2c(CCl)nc3cc(Br)ccc32)C1. The summed E-state index contributed by atoms with van der Waals surface area (Å²) in [7, 11) is 2.18. The van der Waals surface area contributed by atoms with Crippen LogP contribution in [0.3, 0.4) is 0 Å². The van der Waals surface area contributed by atoms with E-state index in [1.807, 2.05) is 0 Å². The highest BCUT2D eigenvalue weighted by Crippen LogP contribution is 2.29. The second kappa shape index (κ2) is 5.43. The van der Waals surface area contributed by atoms with Gasteiger partial charge in [0.05, 0.1) is 16.9 Å². The lowest BCUT2D eigenvalue weighted by Gasteiger charge is -2.31. The Balaban J connectivity index is 2.10. The predicted octanol–water partition coefficient (Wildman–Crippen LogP) is 3.80. The first kappa shape index (κ1) is 13.4. The van der Waals surface area contributed by atoms with Crippen molar-refractivity contribution in [2.24, 2.45) is 0 Å². The highest BCUT2D eigenvalue weighted by Gasteiger charge is 2.23. The van der Waals surface area contributed by atoms with Gasteiger partial charge in [-0.3, -0.25) is 0 Å². The molecule has 1 aromatic heterocycles. The number of likely N-dealkylation sites (N-methyl/N-ethyl adjacent to an activating group) is 1. The van der Waals surface area contributed by atoms with Crippen LogP contribution in [0, 0.1) is 0 Å². The first-order valence-corrected chi connectivity index (χ1v) is 7.92. The maximum Gasteiger partial charge on any atom is 0.125 e. The van der Waals surface area contributed by atoms with Crippen molar-refractivity contribution < 1.29 is 0 Å². The number of aromatic nitrogens is 2. The molecule has 0 spiro atoms. The predicted molar refractivity (Wildman–Crippen MR) is 82.8 cm³/mol. The molecule has 0 bridgehead atoms. The molecule has 1 unspecified atom stereocenters. The summed E-state index contributed by atoms with van der Waals surface area (Å²) in [5, 5.41) is 0. The fourth-order valence-corrected chi connectivity index (χ4v) is 3.51. The molecule has 19 heavy (non-hydrogen) atoms. The molecule has 0 saturated carbocycles. The summed E-state index contributed by atoms with van der Waals surface area (Å²) < 4.78 is 3.40. The highest BCUT2D eigenvalue weighted by molar-refractivity contribution is 9.10. The summed E-state index contributed by atoms with van der Waals surface area (Å²) in [6, 6.07) is 6.76. The minimum atomic E-state index is 0.465. The molecule has 2 heterocycles. The van der Waals surface area contributed by atoms with Crippen molar-refractivity contribution in [3.8, 4) is 0 Å². The van der Waals surface area contributed by atoms with Crippen LogP contribution in [0.5, 0.6) is 0 Å². The highest BCUT2D eigenvalue weighted by atomic mass is 79.9. The van der Waals surface area contributed by atoms with E-state index in [9.17, 15) is 0 Å². The van der Waals surface area contributed by atoms with E-state index in [2.05, 4.69) is 55.6 Å². The molecule has 0 aliphatic carbocycles. The van der Waals surface area contributed by atoms with Crippen molar-refractivity contribution in [3.05, 3.63) is 28.5 Å². The zero-order valence-corrected chi connectivity index (χ0v) is 13.3. The van der Waals surface area contributed by atoms with Gasteiger partial charge in [-0.05, 0) is 44.6 Å². The second-order valence-corrected chi connectivity index (χ2v) is 6.41. The van der Waals surface area contributed by atoms with Crippen LogP contribution in [-0.4, -0.2) is 34.6 Å². The topological polar surface area (TPSA) is 21.1 Å². The van der Waals surface area contributed by atoms with Crippen molar-refractivity contribution >= 4 is 38.6 Å². The molecule has 102 valence electrons. The van der Waals surface area contributed by atoms with E-state index in [0.29, 0.717) is 11.9 Å². The Hall–Kier alpha value is -0.580. The fraction of sp³-hybridized carbons (Fsp3) is 0.500. The maximum absolute atomic E-state index is 6.09. The summed E-state index contributed by atoms with van der Waals surface area (Å²) in [5.74, 6) is 1.45. The number of rotatable bonds is 2. The van der Waals surface area contributed by atoms with E-state index < -0.39 is 0 Å². The maximum atomic E-state index is 6.09. The van der Waals surface area contributed by atoms with Gasteiger partial charge in [0.25, 0.3) is 0 Å². The lowest BCUT2D eigenvalue weighted by molar-refractivity contribution is 0.213. The standard InChI is InChI=1S/C14H17BrClN3/c1-18-6-2-3-11(9-18)19-13-5-4-10(15)7-12(13)17-14(19)8-16/h4-5,7,11H,2-3,6,8-9H2,1H3. The fourth-order valence-electron chi connectivity index (χ4n) is 2.97. The zero-order chi connectivity index (χ0) is 13.4. The monoisotopic (exact) mass is 341 g/mol. The largest absolute Gasteiger partial charge is 0.323 e. The molecule has 0 radical (unpaired) electrons. The molecule has 1 saturated heterocycles. The molecule has 5 heteroatoms. The van der Waals surface area contributed by atoms with Gasteiger partial charge in [-0.15, -0.1) is 11.6 Å². The minimum Gasteiger partial charge on any atom is -0.323 e. The summed E-state index contributed by atoms with van der Waals surface area (Å²) in [4.78, 5) is 7.06. The van der Waals surface area contributed by atoms with E-state index in [4.69, 9.17) is 11.6 Å². The summed E-state index contributed by atoms with van der Waals surface area (Å²) in [6.45, 7) is 2.26. The lowest BCUT2D eigenvalue weighted by Crippen LogP contribution is -2.34. The van der Waals surface area contributed by atoms with E-state index in [0.717, 1.165) is 22.4 Å². The Morgan fingerprint density at radius 3 is 3.05 bits per heavy atom. The Morgan fingerprint density at radius 2 is 2.32 bits per heavy atom. The van der Waals surface area contributed by atoms with Gasteiger partial charge in [0.1, 0.15) is 5.82 Å². The second-order valence-electron chi connectivity index (χ2n) is 5.22. The van der Waals surface area contributed by atoms with Crippen LogP contribution < -0.4 is 0 Å². The molecule has 2 aromatic rings. The van der Waals surface area contributed by atoms with Crippen LogP contribution in [0.4, 0.5) is 0 Å². The summed E-state index contributed by atoms with van der Waals surface area (Å²) >= 11 is 9.59. The van der Waals surface area contributed by atoms with Gasteiger partial charge < -0.3 is 9.47 Å². The van der Waals surface area contributed by atoms with Gasteiger partial charge in [0.2, 0.25) is 0 Å². The lowest BCUT2D eigenvalue weighted by atomic mass is 10.1. The Kier molecular flexibility index (Phi) is 3.83. The molecule has 3 nitrogen and oxygen atoms in total. The number of hydrogen-bond donors (Lipinski definition) is 0. The van der Waals surface area contributed by atoms with Gasteiger partial charge >= 0.3 is 0 Å². The minimum absolute atomic E-state index is 0.465. The van der Waals surface area contributed by atoms with Gasteiger partial charge in [0.15, 0.2) is 0 Å². The van der Waals surface area contributed by atoms with Crippen molar-refractivity contribution in [1.29, 1.82) is 0 Å². The Morgan fingerprint density at radius 1 is 1.47 bits per heavy atom. The van der Waals surface area contributed by atoms with E-state index in [-0.39, 0.29) is 0 Å². The first-order chi connectivity index (χ1) is 9.19. The summed E-state index contributed by atoms with van der Waals surface area (Å²) in [5.41, 5.74) is 2.22. The number of halogens is 2. The summed E-state index contributed by atoms with van der Waals surface area (Å²) in [6.07, 6.45) is 2.44. The van der Waals surface area contributed by atoms with Gasteiger partial charge in [-0.2, -0.15) is 0 Å². The number of alkyl halides is 1. The number of fused-ring (bicyclic) bond motifs is 1. The molecule has 1 aliphatic rings. The quantitative estimate of drug-likeness (QED) is 0.774. The normalized spacial score (nSPS) is 21.1. The third-order valence-electron chi connectivity index (χ3n) is 3.81. The van der Waals surface area contributed by atoms with Crippen LogP contribution in [-0.2, 0) is 5.88 Å². The average molecular weight is 343 g/mol. The van der Waals surface area contributed by atoms with Crippen LogP contribution >= 0.6 is 27.5 Å². The number of piperidine rings is 1. The van der Waals surface area contributed by atoms with Gasteiger partial charge in [-0.1, -0.05) is 15.9 Å². The number of benzene rings is 1. The van der Waals surface area contributed by atoms with Crippen LogP contribution in [0.25, 0.3) is 11.0 Å². The zero-order valence-electron chi connectivity index (χ0n) is 10.9. The van der Waals surface area contributed by atoms with Gasteiger partial charge in [-0.25, -0.2) is 4.98 Å². The molecular formula is C14H17BrClN3. The Labute approximate surface area is 126 Å². The third kappa shape index (κ3) is 2.54. The molecule has 1 atom stereocenters. The molecule has 1 aliphatic heterocycles. The van der Waals surface area contributed by atoms with Crippen LogP contribution in [0.15, 0.2) is 22.7 Å². The van der Waals surface area contributed by atoms with Crippen molar-refractivity contribution in [2.75, 3.05) is 20.1 Å². The molecule has 0 amide bonds. The molecule has 1 aromatic carbocycles. The number of likely N-dealkylation sites (tertiary alicyclic amines) is 1. The van der Waals surface area contributed by atoms with Crippen molar-refractivity contribution in [2.45, 2.75) is 24.8 Å². The Bertz CT molecular complexity index is 596. The van der Waals surface area contributed by atoms with Crippen LogP contribution in [0.1, 0.15) is 24.7 Å². The average Bonchev–Trinajstić information content (AvgIpc) is 2.76. The van der Waals surface area contributed by atoms with Crippen molar-refractivity contribution in [3.63, 3.8) is 0 Å². The number of nitrogens with zero attached hydrogens (tertiary/aromatic N) is 3. The van der Waals surface area contributed by atoms with Crippen molar-refractivity contribution in [1.82, 2.24) is 14.5 Å². The van der Waals surface area contributed by atoms with E-state index >= 15 is 0 Å². The first-order valence-electron chi connectivity index (χ1n) is 6.60. The smallest absolute Gasteiger partial charge is 0.125 e. The third-order valence-corrected chi connectivity index (χ3v) is 4.54. The van der Waals surface area contributed by atoms with E-state index in [1.54, 1.807) is 0 Å². The van der Waals surface area contributed by atoms with Gasteiger partial charge in [0, 0.05) is 17.1 Å². The number of imidazole rings is 1. The molecule has 0 N–H and O–H groups in total. The molecule has 3 rings (SSSR count). The molecular weight excluding hydrogens is 326 g/mol. The molecule has 1 fully saturated rings. The van der Waals surface area contributed by atoms with E-state index in [1.165, 1.54) is 24.9 Å². The number of hydrogen-bond acceptors (Lipinski definition) is 2.